The van der Waals surface area contributed by atoms with Gasteiger partial charge in [-0.05, 0) is 81.0 Å². The molecule has 1 heterocycles. The van der Waals surface area contributed by atoms with Crippen molar-refractivity contribution in [1.29, 1.82) is 0 Å². The van der Waals surface area contributed by atoms with Crippen LogP contribution in [0.3, 0.4) is 0 Å². The fraction of sp³-hybridized carbons (Fsp3) is 0.857. The maximum absolute atomic E-state index is 10.5. The van der Waals surface area contributed by atoms with Crippen LogP contribution in [0.2, 0.25) is 18.1 Å². The molecule has 0 aromatic carbocycles. The van der Waals surface area contributed by atoms with Gasteiger partial charge in [-0.3, -0.25) is 0 Å². The van der Waals surface area contributed by atoms with Gasteiger partial charge in [0.05, 0.1) is 18.3 Å². The summed E-state index contributed by atoms with van der Waals surface area (Å²) < 4.78 is 20.3. The highest BCUT2D eigenvalue weighted by Crippen LogP contribution is 2.66. The van der Waals surface area contributed by atoms with E-state index in [1.54, 1.807) is 5.57 Å². The second kappa shape index (κ2) is 7.28. The lowest BCUT2D eigenvalue weighted by Crippen LogP contribution is -2.56. The Kier molecular flexibility index (Phi) is 5.35. The molecule has 0 aromatic heterocycles. The van der Waals surface area contributed by atoms with Gasteiger partial charge in [0.1, 0.15) is 6.10 Å². The van der Waals surface area contributed by atoms with E-state index in [9.17, 15) is 5.11 Å². The Bertz CT molecular complexity index is 883. The molecule has 3 fully saturated rings. The second-order valence-corrected chi connectivity index (χ2v) is 18.8. The van der Waals surface area contributed by atoms with Gasteiger partial charge >= 0.3 is 0 Å². The first-order valence-corrected chi connectivity index (χ1v) is 16.1. The Morgan fingerprint density at radius 3 is 2.39 bits per heavy atom. The molecule has 186 valence electrons. The maximum atomic E-state index is 10.5. The van der Waals surface area contributed by atoms with E-state index in [-0.39, 0.29) is 34.2 Å². The molecular weight excluding hydrogens is 428 g/mol. The molecule has 4 nitrogen and oxygen atoms in total. The summed E-state index contributed by atoms with van der Waals surface area (Å²) in [5.74, 6) is 0.307. The Morgan fingerprint density at radius 2 is 1.73 bits per heavy atom. The zero-order valence-electron chi connectivity index (χ0n) is 22.3. The van der Waals surface area contributed by atoms with Gasteiger partial charge in [0, 0.05) is 11.3 Å². The van der Waals surface area contributed by atoms with Gasteiger partial charge in [-0.2, -0.15) is 0 Å². The zero-order valence-corrected chi connectivity index (χ0v) is 23.3. The fourth-order valence-electron chi connectivity index (χ4n) is 7.58. The minimum atomic E-state index is -1.85. The highest BCUT2D eigenvalue weighted by Gasteiger charge is 2.65. The van der Waals surface area contributed by atoms with Crippen molar-refractivity contribution in [3.8, 4) is 0 Å². The topological polar surface area (TPSA) is 47.9 Å². The van der Waals surface area contributed by atoms with Crippen molar-refractivity contribution in [2.45, 2.75) is 129 Å². The molecule has 8 atom stereocenters. The predicted octanol–water partition coefficient (Wildman–Crippen LogP) is 6.36. The van der Waals surface area contributed by atoms with Gasteiger partial charge in [0.25, 0.3) is 0 Å². The fourth-order valence-corrected chi connectivity index (χ4v) is 9.03. The number of hydrogen-bond acceptors (Lipinski definition) is 4. The Hall–Kier alpha value is -0.463. The van der Waals surface area contributed by atoms with Crippen molar-refractivity contribution in [2.24, 2.45) is 22.7 Å². The lowest BCUT2D eigenvalue weighted by atomic mass is 9.50. The normalized spacial score (nSPS) is 46.6. The molecule has 0 aromatic rings. The quantitative estimate of drug-likeness (QED) is 0.374. The second-order valence-electron chi connectivity index (χ2n) is 14.0. The maximum Gasteiger partial charge on any atom is 0.192 e. The Labute approximate surface area is 202 Å². The summed E-state index contributed by atoms with van der Waals surface area (Å²) >= 11 is 0. The van der Waals surface area contributed by atoms with E-state index >= 15 is 0 Å². The molecule has 2 saturated carbocycles. The largest absolute Gasteiger partial charge is 0.413 e. The molecule has 6 unspecified atom stereocenters. The molecule has 4 aliphatic carbocycles. The predicted molar refractivity (Wildman–Crippen MR) is 134 cm³/mol. The molecule has 33 heavy (non-hydrogen) atoms. The van der Waals surface area contributed by atoms with Gasteiger partial charge in [-0.15, -0.1) is 0 Å². The molecule has 1 N–H and O–H groups in total. The summed E-state index contributed by atoms with van der Waals surface area (Å²) in [5, 5.41) is 10.7. The molecule has 1 aliphatic heterocycles. The van der Waals surface area contributed by atoms with E-state index in [1.165, 1.54) is 12.0 Å². The lowest BCUT2D eigenvalue weighted by Gasteiger charge is -2.57. The van der Waals surface area contributed by atoms with Crippen molar-refractivity contribution in [2.75, 3.05) is 0 Å². The zero-order chi connectivity index (χ0) is 24.2. The van der Waals surface area contributed by atoms with Crippen LogP contribution in [-0.4, -0.2) is 43.6 Å². The summed E-state index contributed by atoms with van der Waals surface area (Å²) in [6, 6.07) is 0. The van der Waals surface area contributed by atoms with E-state index in [1.807, 2.05) is 13.8 Å². The third kappa shape index (κ3) is 3.51. The number of hydrogen-bond donors (Lipinski definition) is 1. The van der Waals surface area contributed by atoms with Crippen LogP contribution in [0.4, 0.5) is 0 Å². The minimum Gasteiger partial charge on any atom is -0.413 e. The van der Waals surface area contributed by atoms with Crippen LogP contribution in [0, 0.1) is 22.7 Å². The molecule has 0 spiro atoms. The molecule has 0 radical (unpaired) electrons. The van der Waals surface area contributed by atoms with Crippen LogP contribution >= 0.6 is 0 Å². The Balaban J connectivity index is 1.55. The highest BCUT2D eigenvalue weighted by molar-refractivity contribution is 6.74. The van der Waals surface area contributed by atoms with E-state index in [0.717, 1.165) is 25.7 Å². The van der Waals surface area contributed by atoms with Gasteiger partial charge < -0.3 is 19.0 Å². The third-order valence-electron chi connectivity index (χ3n) is 10.5. The number of rotatable bonds is 2. The van der Waals surface area contributed by atoms with Crippen LogP contribution in [0.5, 0.6) is 0 Å². The average molecular weight is 475 g/mol. The van der Waals surface area contributed by atoms with Crippen molar-refractivity contribution in [3.63, 3.8) is 0 Å². The van der Waals surface area contributed by atoms with Crippen molar-refractivity contribution < 1.29 is 19.0 Å². The van der Waals surface area contributed by atoms with Crippen molar-refractivity contribution in [1.82, 2.24) is 0 Å². The van der Waals surface area contributed by atoms with Gasteiger partial charge in [0.15, 0.2) is 14.1 Å². The number of aliphatic hydroxyl groups is 1. The number of aliphatic hydroxyl groups excluding tert-OH is 1. The summed E-state index contributed by atoms with van der Waals surface area (Å²) in [6.45, 7) is 20.8. The number of ether oxygens (including phenoxy) is 2. The molecule has 5 heteroatoms. The SMILES string of the molecule is CC1(C)OC2C3=CC(O)CC[C@]3(C)C3=CC[C@]4(C)C(O[Si](C)(C)C(C)(C)C)CCC4C3C2O1. The number of fused-ring (bicyclic) bond motifs is 8. The first kappa shape index (κ1) is 24.2. The molecule has 5 aliphatic rings. The van der Waals surface area contributed by atoms with E-state index in [4.69, 9.17) is 13.9 Å². The average Bonchev–Trinajstić information content (AvgIpc) is 3.18. The van der Waals surface area contributed by atoms with E-state index in [2.05, 4.69) is 59.9 Å². The van der Waals surface area contributed by atoms with Crippen LogP contribution in [0.25, 0.3) is 0 Å². The van der Waals surface area contributed by atoms with Crippen LogP contribution in [0.1, 0.15) is 80.6 Å². The summed E-state index contributed by atoms with van der Waals surface area (Å²) in [5.41, 5.74) is 2.92. The third-order valence-corrected chi connectivity index (χ3v) is 15.0. The standard InChI is InChI=1S/C28H46O4Si/c1-25(2,3)33(8,9)32-21-11-10-18-22-19(13-15-28(18,21)7)27(6)14-12-17(29)16-20(27)23-24(22)31-26(4,5)30-23/h13,16-18,21-24,29H,10-12,14-15H2,1-9H3/t17?,18?,21?,22?,23?,24?,27-,28+/m1/s1. The summed E-state index contributed by atoms with van der Waals surface area (Å²) in [7, 11) is -1.85. The minimum absolute atomic E-state index is 0.0205. The molecular formula is C28H46O4Si. The molecule has 5 rings (SSSR count). The van der Waals surface area contributed by atoms with Crippen LogP contribution < -0.4 is 0 Å². The smallest absolute Gasteiger partial charge is 0.192 e. The first-order valence-electron chi connectivity index (χ1n) is 13.2. The van der Waals surface area contributed by atoms with E-state index < -0.39 is 14.1 Å². The van der Waals surface area contributed by atoms with Crippen molar-refractivity contribution >= 4 is 8.32 Å². The summed E-state index contributed by atoms with van der Waals surface area (Å²) in [4.78, 5) is 0. The Morgan fingerprint density at radius 1 is 1.03 bits per heavy atom. The van der Waals surface area contributed by atoms with Crippen molar-refractivity contribution in [3.05, 3.63) is 23.3 Å². The van der Waals surface area contributed by atoms with Crippen LogP contribution in [-0.2, 0) is 13.9 Å². The highest BCUT2D eigenvalue weighted by atomic mass is 28.4. The monoisotopic (exact) mass is 474 g/mol. The first-order chi connectivity index (χ1) is 15.1. The van der Waals surface area contributed by atoms with E-state index in [0.29, 0.717) is 17.9 Å². The lowest BCUT2D eigenvalue weighted by molar-refractivity contribution is -0.150. The van der Waals surface area contributed by atoms with Crippen LogP contribution in [0.15, 0.2) is 23.3 Å². The van der Waals surface area contributed by atoms with Gasteiger partial charge in [0.2, 0.25) is 0 Å². The molecule has 0 amide bonds. The summed E-state index contributed by atoms with van der Waals surface area (Å²) in [6.07, 6.45) is 9.78. The molecule has 1 saturated heterocycles. The molecule has 0 bridgehead atoms. The van der Waals surface area contributed by atoms with Gasteiger partial charge in [-0.1, -0.05) is 52.3 Å². The number of allylic oxidation sites excluding steroid dienone is 1. The van der Waals surface area contributed by atoms with Gasteiger partial charge in [-0.25, -0.2) is 0 Å².